The van der Waals surface area contributed by atoms with Crippen LogP contribution in [0.5, 0.6) is 0 Å². The molecule has 0 fully saturated rings. The second-order valence-electron chi connectivity index (χ2n) is 4.93. The number of nitrogens with one attached hydrogen (secondary N) is 3. The predicted molar refractivity (Wildman–Crippen MR) is 68.9 cm³/mol. The molecule has 1 aromatic heterocycles. The summed E-state index contributed by atoms with van der Waals surface area (Å²) < 4.78 is 5.19. The molecule has 0 radical (unpaired) electrons. The molecule has 100 valence electrons. The molecule has 0 saturated heterocycles. The lowest BCUT2D eigenvalue weighted by atomic mass is 9.99. The van der Waals surface area contributed by atoms with Crippen LogP contribution >= 0.6 is 12.2 Å². The van der Waals surface area contributed by atoms with Gasteiger partial charge in [0.1, 0.15) is 6.54 Å². The van der Waals surface area contributed by atoms with Crippen LogP contribution in [0.2, 0.25) is 0 Å². The standard InChI is InChI=1S/C10H16N4O3S/c1-10(2,3)5-17-6(15)4-11-7-8(18)12-9(16)14-13-7/h4-5H2,1-3H3,(H,11,13)(H2,12,14,16,18). The molecular formula is C10H16N4O3S. The minimum absolute atomic E-state index is 0.0629. The van der Waals surface area contributed by atoms with Crippen LogP contribution < -0.4 is 11.0 Å². The largest absolute Gasteiger partial charge is 0.464 e. The van der Waals surface area contributed by atoms with Crippen molar-refractivity contribution in [1.29, 1.82) is 0 Å². The number of carbonyl (C=O) groups excluding carboxylic acids is 1. The van der Waals surface area contributed by atoms with Crippen LogP contribution in [0.1, 0.15) is 20.8 Å². The lowest BCUT2D eigenvalue weighted by Gasteiger charge is -2.17. The van der Waals surface area contributed by atoms with E-state index in [0.29, 0.717) is 6.61 Å². The molecule has 0 saturated carbocycles. The SMILES string of the molecule is CC(C)(C)COC(=O)CNc1n[nH]c(=O)[nH]c1=S. The highest BCUT2D eigenvalue weighted by molar-refractivity contribution is 7.71. The molecule has 0 amide bonds. The van der Waals surface area contributed by atoms with Crippen molar-refractivity contribution in [2.24, 2.45) is 5.41 Å². The predicted octanol–water partition coefficient (Wildman–Crippen LogP) is 0.829. The second-order valence-corrected chi connectivity index (χ2v) is 5.34. The van der Waals surface area contributed by atoms with E-state index in [1.807, 2.05) is 20.8 Å². The number of aromatic nitrogens is 3. The smallest absolute Gasteiger partial charge is 0.340 e. The van der Waals surface area contributed by atoms with Gasteiger partial charge in [0.15, 0.2) is 10.5 Å². The van der Waals surface area contributed by atoms with E-state index in [-0.39, 0.29) is 22.4 Å². The van der Waals surface area contributed by atoms with Gasteiger partial charge in [0, 0.05) is 0 Å². The maximum absolute atomic E-state index is 11.4. The first-order chi connectivity index (χ1) is 8.28. The first-order valence-electron chi connectivity index (χ1n) is 5.36. The topological polar surface area (TPSA) is 99.9 Å². The average molecular weight is 272 g/mol. The van der Waals surface area contributed by atoms with Crippen LogP contribution in [0.15, 0.2) is 4.79 Å². The first-order valence-corrected chi connectivity index (χ1v) is 5.77. The Kier molecular flexibility index (Phi) is 4.60. The lowest BCUT2D eigenvalue weighted by Crippen LogP contribution is -2.24. The summed E-state index contributed by atoms with van der Waals surface area (Å²) in [5.74, 6) is -0.176. The molecule has 3 N–H and O–H groups in total. The van der Waals surface area contributed by atoms with Crippen LogP contribution in [-0.4, -0.2) is 34.3 Å². The molecule has 1 heterocycles. The fourth-order valence-electron chi connectivity index (χ4n) is 0.971. The van der Waals surface area contributed by atoms with E-state index in [0.717, 1.165) is 0 Å². The summed E-state index contributed by atoms with van der Waals surface area (Å²) in [5, 5.41) is 8.53. The number of hydrogen-bond donors (Lipinski definition) is 3. The van der Waals surface area contributed by atoms with E-state index in [4.69, 9.17) is 17.0 Å². The van der Waals surface area contributed by atoms with Gasteiger partial charge in [-0.05, 0) is 5.41 Å². The molecule has 0 unspecified atom stereocenters. The molecule has 0 aliphatic rings. The summed E-state index contributed by atoms with van der Waals surface area (Å²) in [6.07, 6.45) is 0. The molecule has 0 bridgehead atoms. The number of anilines is 1. The van der Waals surface area contributed by atoms with E-state index in [2.05, 4.69) is 20.5 Å². The van der Waals surface area contributed by atoms with Crippen LogP contribution in [0.25, 0.3) is 0 Å². The van der Waals surface area contributed by atoms with Crippen molar-refractivity contribution in [2.75, 3.05) is 18.5 Å². The summed E-state index contributed by atoms with van der Waals surface area (Å²) in [4.78, 5) is 24.6. The molecule has 0 atom stereocenters. The maximum Gasteiger partial charge on any atom is 0.340 e. The lowest BCUT2D eigenvalue weighted by molar-refractivity contribution is -0.144. The Morgan fingerprint density at radius 1 is 1.50 bits per heavy atom. The summed E-state index contributed by atoms with van der Waals surface area (Å²) in [6.45, 7) is 6.17. The quantitative estimate of drug-likeness (QED) is 0.554. The number of aromatic amines is 2. The zero-order valence-corrected chi connectivity index (χ0v) is 11.3. The molecule has 18 heavy (non-hydrogen) atoms. The highest BCUT2D eigenvalue weighted by Crippen LogP contribution is 2.12. The van der Waals surface area contributed by atoms with Gasteiger partial charge in [0.05, 0.1) is 6.61 Å². The first kappa shape index (κ1) is 14.4. The summed E-state index contributed by atoms with van der Waals surface area (Å²) in [7, 11) is 0. The van der Waals surface area contributed by atoms with Gasteiger partial charge in [-0.3, -0.25) is 9.78 Å². The molecule has 0 aliphatic carbocycles. The molecule has 7 nitrogen and oxygen atoms in total. The molecule has 0 aromatic carbocycles. The molecule has 0 aliphatic heterocycles. The van der Waals surface area contributed by atoms with Gasteiger partial charge in [0.25, 0.3) is 0 Å². The zero-order chi connectivity index (χ0) is 13.8. The van der Waals surface area contributed by atoms with Gasteiger partial charge in [-0.15, -0.1) is 0 Å². The van der Waals surface area contributed by atoms with Crippen LogP contribution in [0.4, 0.5) is 5.82 Å². The number of esters is 1. The number of ether oxygens (including phenoxy) is 1. The molecule has 0 spiro atoms. The van der Waals surface area contributed by atoms with E-state index in [1.165, 1.54) is 0 Å². The summed E-state index contributed by atoms with van der Waals surface area (Å²) in [5.41, 5.74) is -0.580. The number of H-pyrrole nitrogens is 2. The second kappa shape index (κ2) is 5.76. The third-order valence-electron chi connectivity index (χ3n) is 1.78. The van der Waals surface area contributed by atoms with Gasteiger partial charge < -0.3 is 10.1 Å². The Bertz CT molecular complexity index is 529. The van der Waals surface area contributed by atoms with E-state index >= 15 is 0 Å². The van der Waals surface area contributed by atoms with Crippen molar-refractivity contribution in [2.45, 2.75) is 20.8 Å². The van der Waals surface area contributed by atoms with Crippen molar-refractivity contribution >= 4 is 24.0 Å². The number of carbonyl (C=O) groups is 1. The molecule has 1 rings (SSSR count). The van der Waals surface area contributed by atoms with Crippen molar-refractivity contribution in [3.63, 3.8) is 0 Å². The minimum Gasteiger partial charge on any atom is -0.464 e. The molecular weight excluding hydrogens is 256 g/mol. The summed E-state index contributed by atoms with van der Waals surface area (Å²) >= 11 is 4.86. The van der Waals surface area contributed by atoms with Gasteiger partial charge in [-0.25, -0.2) is 9.89 Å². The number of rotatable bonds is 4. The fourth-order valence-corrected chi connectivity index (χ4v) is 1.18. The van der Waals surface area contributed by atoms with Crippen LogP contribution in [-0.2, 0) is 9.53 Å². The van der Waals surface area contributed by atoms with Gasteiger partial charge in [0.2, 0.25) is 0 Å². The third kappa shape index (κ3) is 5.09. The Hall–Kier alpha value is -1.70. The minimum atomic E-state index is -0.499. The summed E-state index contributed by atoms with van der Waals surface area (Å²) in [6, 6.07) is 0. The Morgan fingerprint density at radius 3 is 2.72 bits per heavy atom. The van der Waals surface area contributed by atoms with E-state index in [9.17, 15) is 9.59 Å². The normalized spacial score (nSPS) is 11.1. The monoisotopic (exact) mass is 272 g/mol. The Balaban J connectivity index is 2.48. The van der Waals surface area contributed by atoms with Gasteiger partial charge >= 0.3 is 11.7 Å². The third-order valence-corrected chi connectivity index (χ3v) is 2.07. The zero-order valence-electron chi connectivity index (χ0n) is 10.5. The highest BCUT2D eigenvalue weighted by atomic mass is 32.1. The van der Waals surface area contributed by atoms with Crippen molar-refractivity contribution in [3.8, 4) is 0 Å². The van der Waals surface area contributed by atoms with E-state index < -0.39 is 11.7 Å². The average Bonchev–Trinajstić information content (AvgIpc) is 2.24. The maximum atomic E-state index is 11.4. The van der Waals surface area contributed by atoms with E-state index in [1.54, 1.807) is 0 Å². The van der Waals surface area contributed by atoms with Crippen molar-refractivity contribution in [3.05, 3.63) is 15.1 Å². The Labute approximate surface area is 109 Å². The Morgan fingerprint density at radius 2 is 2.17 bits per heavy atom. The number of nitrogens with zero attached hydrogens (tertiary/aromatic N) is 1. The van der Waals surface area contributed by atoms with Crippen LogP contribution in [0, 0.1) is 10.1 Å². The van der Waals surface area contributed by atoms with Crippen LogP contribution in [0.3, 0.4) is 0 Å². The van der Waals surface area contributed by atoms with Crippen molar-refractivity contribution in [1.82, 2.24) is 15.2 Å². The van der Waals surface area contributed by atoms with Gasteiger partial charge in [-0.1, -0.05) is 33.0 Å². The number of hydrogen-bond acceptors (Lipinski definition) is 6. The highest BCUT2D eigenvalue weighted by Gasteiger charge is 2.13. The fraction of sp³-hybridized carbons (Fsp3) is 0.600. The van der Waals surface area contributed by atoms with Crippen molar-refractivity contribution < 1.29 is 9.53 Å². The molecule has 1 aromatic rings. The molecule has 8 heteroatoms. The van der Waals surface area contributed by atoms with Gasteiger partial charge in [-0.2, -0.15) is 5.10 Å².